The normalized spacial score (nSPS) is 15.4. The lowest BCUT2D eigenvalue weighted by atomic mass is 10.2. The summed E-state index contributed by atoms with van der Waals surface area (Å²) in [5.41, 5.74) is 2.69. The zero-order valence-electron chi connectivity index (χ0n) is 16.6. The second-order valence-corrected chi connectivity index (χ2v) is 7.53. The zero-order chi connectivity index (χ0) is 19.3. The van der Waals surface area contributed by atoms with E-state index in [2.05, 4.69) is 41.6 Å². The third-order valence-electron chi connectivity index (χ3n) is 5.04. The molecule has 8 nitrogen and oxygen atoms in total. The Bertz CT molecular complexity index is 904. The first-order valence-electron chi connectivity index (χ1n) is 10.0. The molecule has 4 rings (SSSR count). The molecule has 8 heteroatoms. The number of nitrogens with zero attached hydrogens (tertiary/aromatic N) is 5. The highest BCUT2D eigenvalue weighted by atomic mass is 16.5. The number of morpholine rings is 1. The van der Waals surface area contributed by atoms with Gasteiger partial charge in [0.15, 0.2) is 17.0 Å². The third kappa shape index (κ3) is 4.28. The summed E-state index contributed by atoms with van der Waals surface area (Å²) < 4.78 is 7.29. The summed E-state index contributed by atoms with van der Waals surface area (Å²) in [5, 5.41) is 12.2. The van der Waals surface area contributed by atoms with Gasteiger partial charge in [0.25, 0.3) is 0 Å². The van der Waals surface area contributed by atoms with Crippen LogP contribution in [0.3, 0.4) is 0 Å². The smallest absolute Gasteiger partial charge is 0.184 e. The van der Waals surface area contributed by atoms with Gasteiger partial charge in [0.2, 0.25) is 0 Å². The Labute approximate surface area is 164 Å². The lowest BCUT2D eigenvalue weighted by Gasteiger charge is -2.23. The number of benzene rings is 1. The van der Waals surface area contributed by atoms with Gasteiger partial charge >= 0.3 is 0 Å². The Balaban J connectivity index is 1.56. The van der Waals surface area contributed by atoms with Gasteiger partial charge in [-0.1, -0.05) is 49.4 Å². The van der Waals surface area contributed by atoms with Crippen LogP contribution in [0.1, 0.15) is 31.2 Å². The summed E-state index contributed by atoms with van der Waals surface area (Å²) in [5.74, 6) is 1.82. The van der Waals surface area contributed by atoms with Crippen LogP contribution >= 0.6 is 0 Å². The molecule has 0 saturated carbocycles. The van der Waals surface area contributed by atoms with Gasteiger partial charge in [0.1, 0.15) is 18.9 Å². The maximum Gasteiger partial charge on any atom is 0.184 e. The summed E-state index contributed by atoms with van der Waals surface area (Å²) >= 11 is 0. The van der Waals surface area contributed by atoms with Crippen molar-refractivity contribution in [3.8, 4) is 0 Å². The molecule has 0 unspecified atom stereocenters. The molecular formula is C20H28N7O+. The van der Waals surface area contributed by atoms with Gasteiger partial charge in [-0.05, 0) is 5.56 Å². The first kappa shape index (κ1) is 18.8. The standard InChI is InChI=1S/C20H27N7O/c1-15(2)18-22-19(21-8-9-26-10-12-28-13-11-26)17-20(23-18)27(25-24-17)14-16-6-4-3-5-7-16/h3-7,15H,8-14H2,1-2H3,(H,21,22,23)/p+1. The molecule has 0 radical (unpaired) electrons. The first-order valence-corrected chi connectivity index (χ1v) is 10.0. The van der Waals surface area contributed by atoms with Crippen LogP contribution in [0.4, 0.5) is 5.82 Å². The van der Waals surface area contributed by atoms with Gasteiger partial charge in [-0.2, -0.15) is 0 Å². The largest absolute Gasteiger partial charge is 0.370 e. The topological polar surface area (TPSA) is 82.2 Å². The van der Waals surface area contributed by atoms with Crippen LogP contribution in [0.2, 0.25) is 0 Å². The average Bonchev–Trinajstić information content (AvgIpc) is 3.12. The summed E-state index contributed by atoms with van der Waals surface area (Å²) in [6.07, 6.45) is 0. The molecule has 28 heavy (non-hydrogen) atoms. The van der Waals surface area contributed by atoms with E-state index in [1.54, 1.807) is 4.90 Å². The molecule has 0 aliphatic carbocycles. The molecule has 3 heterocycles. The fourth-order valence-electron chi connectivity index (χ4n) is 3.39. The van der Waals surface area contributed by atoms with Crippen LogP contribution in [-0.2, 0) is 11.3 Å². The molecule has 0 bridgehead atoms. The molecule has 1 fully saturated rings. The van der Waals surface area contributed by atoms with E-state index >= 15 is 0 Å². The Hall–Kier alpha value is -2.58. The summed E-state index contributed by atoms with van der Waals surface area (Å²) in [6.45, 7) is 10.5. The van der Waals surface area contributed by atoms with Gasteiger partial charge in [0.05, 0.1) is 32.8 Å². The minimum absolute atomic E-state index is 0.231. The summed E-state index contributed by atoms with van der Waals surface area (Å²) in [7, 11) is 0. The number of nitrogens with one attached hydrogen (secondary N) is 2. The maximum atomic E-state index is 5.43. The average molecular weight is 382 g/mol. The van der Waals surface area contributed by atoms with Crippen LogP contribution in [0.5, 0.6) is 0 Å². The number of rotatable bonds is 7. The fraction of sp³-hybridized carbons (Fsp3) is 0.500. The Kier molecular flexibility index (Phi) is 5.78. The van der Waals surface area contributed by atoms with Crippen molar-refractivity contribution >= 4 is 17.0 Å². The van der Waals surface area contributed by atoms with Crippen molar-refractivity contribution in [3.63, 3.8) is 0 Å². The highest BCUT2D eigenvalue weighted by Crippen LogP contribution is 2.21. The fourth-order valence-corrected chi connectivity index (χ4v) is 3.39. The summed E-state index contributed by atoms with van der Waals surface area (Å²) in [4.78, 5) is 11.0. The number of quaternary nitrogens is 1. The van der Waals surface area contributed by atoms with Crippen molar-refractivity contribution in [3.05, 3.63) is 41.7 Å². The molecule has 1 saturated heterocycles. The van der Waals surface area contributed by atoms with Crippen LogP contribution < -0.4 is 10.2 Å². The highest BCUT2D eigenvalue weighted by molar-refractivity contribution is 5.82. The van der Waals surface area contributed by atoms with Crippen molar-refractivity contribution in [2.45, 2.75) is 26.3 Å². The van der Waals surface area contributed by atoms with Gasteiger partial charge in [0, 0.05) is 5.92 Å². The molecule has 148 valence electrons. The van der Waals surface area contributed by atoms with E-state index in [-0.39, 0.29) is 5.92 Å². The molecule has 0 spiro atoms. The molecule has 1 aliphatic rings. The van der Waals surface area contributed by atoms with Crippen molar-refractivity contribution in [2.24, 2.45) is 0 Å². The van der Waals surface area contributed by atoms with Gasteiger partial charge in [-0.25, -0.2) is 14.6 Å². The van der Waals surface area contributed by atoms with Crippen LogP contribution in [0.15, 0.2) is 30.3 Å². The molecule has 0 atom stereocenters. The Morgan fingerprint density at radius 1 is 1.14 bits per heavy atom. The lowest BCUT2D eigenvalue weighted by Crippen LogP contribution is -3.14. The van der Waals surface area contributed by atoms with E-state index in [0.29, 0.717) is 6.54 Å². The molecule has 1 aromatic carbocycles. The zero-order valence-corrected chi connectivity index (χ0v) is 16.6. The molecule has 2 N–H and O–H groups in total. The number of hydrogen-bond donors (Lipinski definition) is 2. The highest BCUT2D eigenvalue weighted by Gasteiger charge is 2.18. The third-order valence-corrected chi connectivity index (χ3v) is 5.04. The van der Waals surface area contributed by atoms with Gasteiger partial charge < -0.3 is 15.0 Å². The van der Waals surface area contributed by atoms with Gasteiger partial charge in [-0.15, -0.1) is 5.10 Å². The first-order chi connectivity index (χ1) is 13.7. The second kappa shape index (κ2) is 8.62. The van der Waals surface area contributed by atoms with E-state index in [0.717, 1.165) is 62.2 Å². The van der Waals surface area contributed by atoms with E-state index in [4.69, 9.17) is 14.7 Å². The quantitative estimate of drug-likeness (QED) is 0.627. The Morgan fingerprint density at radius 2 is 1.93 bits per heavy atom. The van der Waals surface area contributed by atoms with Crippen molar-refractivity contribution < 1.29 is 9.64 Å². The number of ether oxygens (including phenoxy) is 1. The van der Waals surface area contributed by atoms with Crippen LogP contribution in [-0.4, -0.2) is 64.4 Å². The van der Waals surface area contributed by atoms with Crippen molar-refractivity contribution in [2.75, 3.05) is 44.7 Å². The lowest BCUT2D eigenvalue weighted by molar-refractivity contribution is -0.906. The molecule has 1 aliphatic heterocycles. The van der Waals surface area contributed by atoms with Crippen LogP contribution in [0, 0.1) is 0 Å². The molecule has 3 aromatic rings. The van der Waals surface area contributed by atoms with E-state index in [9.17, 15) is 0 Å². The molecular weight excluding hydrogens is 354 g/mol. The minimum atomic E-state index is 0.231. The number of fused-ring (bicyclic) bond motifs is 1. The molecule has 0 amide bonds. The monoisotopic (exact) mass is 382 g/mol. The maximum absolute atomic E-state index is 5.43. The second-order valence-electron chi connectivity index (χ2n) is 7.53. The summed E-state index contributed by atoms with van der Waals surface area (Å²) in [6, 6.07) is 10.2. The van der Waals surface area contributed by atoms with Crippen LogP contribution in [0.25, 0.3) is 11.2 Å². The predicted molar refractivity (Wildman–Crippen MR) is 108 cm³/mol. The van der Waals surface area contributed by atoms with Crippen molar-refractivity contribution in [1.82, 2.24) is 25.0 Å². The SMILES string of the molecule is CC(C)c1nc(NCC[NH+]2CCOCC2)c2nnn(Cc3ccccc3)c2n1. The minimum Gasteiger partial charge on any atom is -0.370 e. The Morgan fingerprint density at radius 3 is 2.68 bits per heavy atom. The van der Waals surface area contributed by atoms with Crippen molar-refractivity contribution in [1.29, 1.82) is 0 Å². The predicted octanol–water partition coefficient (Wildman–Crippen LogP) is 0.720. The van der Waals surface area contributed by atoms with E-state index in [1.807, 2.05) is 22.9 Å². The van der Waals surface area contributed by atoms with E-state index < -0.39 is 0 Å². The van der Waals surface area contributed by atoms with Gasteiger partial charge in [-0.3, -0.25) is 0 Å². The molecule has 2 aromatic heterocycles. The number of anilines is 1. The number of aromatic nitrogens is 5. The number of hydrogen-bond acceptors (Lipinski definition) is 6. The van der Waals surface area contributed by atoms with E-state index in [1.165, 1.54) is 5.56 Å².